The molecule has 1 aromatic rings. The third kappa shape index (κ3) is 4.27. The molecule has 0 saturated heterocycles. The highest BCUT2D eigenvalue weighted by molar-refractivity contribution is 5.94. The van der Waals surface area contributed by atoms with Crippen molar-refractivity contribution in [3.05, 3.63) is 35.4 Å². The van der Waals surface area contributed by atoms with Crippen LogP contribution in [0.15, 0.2) is 24.3 Å². The zero-order chi connectivity index (χ0) is 13.4. The molecule has 1 rings (SSSR count). The van der Waals surface area contributed by atoms with E-state index in [2.05, 4.69) is 5.32 Å². The minimum Gasteiger partial charge on any atom is -0.354 e. The van der Waals surface area contributed by atoms with Crippen LogP contribution < -0.4 is 5.32 Å². The van der Waals surface area contributed by atoms with E-state index in [1.807, 2.05) is 0 Å². The molecule has 0 saturated carbocycles. The first-order chi connectivity index (χ1) is 8.71. The number of amides is 1. The maximum absolute atomic E-state index is 11.8. The van der Waals surface area contributed by atoms with Crippen LogP contribution in [0.4, 0.5) is 0 Å². The van der Waals surface area contributed by atoms with Gasteiger partial charge in [0.1, 0.15) is 6.29 Å². The summed E-state index contributed by atoms with van der Waals surface area (Å²) >= 11 is 0. The summed E-state index contributed by atoms with van der Waals surface area (Å²) in [4.78, 5) is 22.1. The average molecular weight is 251 g/mol. The van der Waals surface area contributed by atoms with Crippen molar-refractivity contribution in [2.75, 3.05) is 20.8 Å². The molecule has 0 aliphatic carbocycles. The topological polar surface area (TPSA) is 64.6 Å². The molecule has 0 aromatic heterocycles. The van der Waals surface area contributed by atoms with Gasteiger partial charge >= 0.3 is 0 Å². The lowest BCUT2D eigenvalue weighted by atomic mass is 10.1. The fourth-order valence-corrected chi connectivity index (χ4v) is 1.43. The van der Waals surface area contributed by atoms with Gasteiger partial charge in [-0.15, -0.1) is 0 Å². The summed E-state index contributed by atoms with van der Waals surface area (Å²) in [6.07, 6.45) is 0.733. The predicted octanol–water partition coefficient (Wildman–Crippen LogP) is 0.777. The van der Waals surface area contributed by atoms with Gasteiger partial charge in [0.2, 0.25) is 0 Å². The summed E-state index contributed by atoms with van der Waals surface area (Å²) in [6.45, 7) is 0.280. The normalized spacial score (nSPS) is 10.4. The van der Waals surface area contributed by atoms with Crippen molar-refractivity contribution >= 4 is 12.2 Å². The maximum atomic E-state index is 11.8. The number of aldehydes is 1. The van der Waals surface area contributed by atoms with Crippen molar-refractivity contribution in [2.24, 2.45) is 0 Å². The summed E-state index contributed by atoms with van der Waals surface area (Å²) in [5.41, 5.74) is 1.42. The second kappa shape index (κ2) is 7.58. The number of hydrogen-bond acceptors (Lipinski definition) is 4. The van der Waals surface area contributed by atoms with Gasteiger partial charge in [-0.3, -0.25) is 4.79 Å². The molecule has 1 aromatic carbocycles. The molecule has 1 amide bonds. The smallest absolute Gasteiger partial charge is 0.251 e. The molecule has 0 spiro atoms. The zero-order valence-corrected chi connectivity index (χ0v) is 10.5. The number of carbonyl (C=O) groups excluding carboxylic acids is 2. The number of nitrogens with one attached hydrogen (secondary N) is 1. The Morgan fingerprint density at radius 3 is 2.39 bits per heavy atom. The van der Waals surface area contributed by atoms with Crippen molar-refractivity contribution in [2.45, 2.75) is 12.7 Å². The quantitative estimate of drug-likeness (QED) is 0.574. The van der Waals surface area contributed by atoms with Crippen LogP contribution in [-0.2, 0) is 20.7 Å². The molecular weight excluding hydrogens is 234 g/mol. The van der Waals surface area contributed by atoms with Crippen molar-refractivity contribution in [3.63, 3.8) is 0 Å². The molecule has 98 valence electrons. The van der Waals surface area contributed by atoms with Crippen molar-refractivity contribution in [1.82, 2.24) is 5.32 Å². The van der Waals surface area contributed by atoms with Gasteiger partial charge in [-0.05, 0) is 17.7 Å². The first-order valence-electron chi connectivity index (χ1n) is 5.57. The number of rotatable bonds is 7. The van der Waals surface area contributed by atoms with Gasteiger partial charge in [0.05, 0.1) is 6.54 Å². The van der Waals surface area contributed by atoms with Gasteiger partial charge in [0.25, 0.3) is 5.91 Å². The largest absolute Gasteiger partial charge is 0.354 e. The van der Waals surface area contributed by atoms with Gasteiger partial charge in [0, 0.05) is 26.2 Å². The van der Waals surface area contributed by atoms with Crippen LogP contribution in [0.5, 0.6) is 0 Å². The average Bonchev–Trinajstić information content (AvgIpc) is 2.41. The molecule has 0 atom stereocenters. The van der Waals surface area contributed by atoms with Gasteiger partial charge < -0.3 is 19.6 Å². The Labute approximate surface area is 106 Å². The Bertz CT molecular complexity index is 384. The van der Waals surface area contributed by atoms with Crippen LogP contribution >= 0.6 is 0 Å². The molecule has 0 heterocycles. The Hall–Kier alpha value is -1.72. The van der Waals surface area contributed by atoms with Crippen LogP contribution in [-0.4, -0.2) is 39.2 Å². The molecule has 0 fully saturated rings. The van der Waals surface area contributed by atoms with E-state index in [4.69, 9.17) is 9.47 Å². The number of benzene rings is 1. The van der Waals surface area contributed by atoms with Crippen molar-refractivity contribution in [3.8, 4) is 0 Å². The van der Waals surface area contributed by atoms with Gasteiger partial charge in [0.15, 0.2) is 6.29 Å². The summed E-state index contributed by atoms with van der Waals surface area (Å²) in [7, 11) is 3.02. The van der Waals surface area contributed by atoms with Gasteiger partial charge in [-0.2, -0.15) is 0 Å². The Kier molecular flexibility index (Phi) is 6.04. The fourth-order valence-electron chi connectivity index (χ4n) is 1.43. The van der Waals surface area contributed by atoms with E-state index in [-0.39, 0.29) is 12.5 Å². The van der Waals surface area contributed by atoms with E-state index < -0.39 is 6.29 Å². The second-order valence-corrected chi connectivity index (χ2v) is 3.68. The molecule has 0 aliphatic rings. The zero-order valence-electron chi connectivity index (χ0n) is 10.5. The first kappa shape index (κ1) is 14.3. The highest BCUT2D eigenvalue weighted by Crippen LogP contribution is 2.04. The Balaban J connectivity index is 2.53. The number of methoxy groups -OCH3 is 2. The monoisotopic (exact) mass is 251 g/mol. The fraction of sp³-hybridized carbons (Fsp3) is 0.385. The van der Waals surface area contributed by atoms with Crippen LogP contribution in [0.1, 0.15) is 15.9 Å². The van der Waals surface area contributed by atoms with Crippen molar-refractivity contribution in [1.29, 1.82) is 0 Å². The molecular formula is C13H17NO4. The van der Waals surface area contributed by atoms with E-state index in [9.17, 15) is 9.59 Å². The summed E-state index contributed by atoms with van der Waals surface area (Å²) in [5.74, 6) is -0.202. The van der Waals surface area contributed by atoms with E-state index >= 15 is 0 Å². The number of carbonyl (C=O) groups is 2. The second-order valence-electron chi connectivity index (χ2n) is 3.68. The molecule has 0 aliphatic heterocycles. The van der Waals surface area contributed by atoms with Gasteiger partial charge in [-0.1, -0.05) is 12.1 Å². The minimum absolute atomic E-state index is 0.202. The third-order valence-electron chi connectivity index (χ3n) is 2.49. The number of ether oxygens (including phenoxy) is 2. The Morgan fingerprint density at radius 2 is 1.89 bits per heavy atom. The summed E-state index contributed by atoms with van der Waals surface area (Å²) < 4.78 is 9.92. The van der Waals surface area contributed by atoms with Crippen LogP contribution in [0.2, 0.25) is 0 Å². The number of hydrogen-bond donors (Lipinski definition) is 1. The van der Waals surface area contributed by atoms with Gasteiger partial charge in [-0.25, -0.2) is 0 Å². The van der Waals surface area contributed by atoms with Crippen LogP contribution in [0, 0.1) is 0 Å². The molecule has 18 heavy (non-hydrogen) atoms. The summed E-state index contributed by atoms with van der Waals surface area (Å²) in [5, 5.41) is 2.69. The lowest BCUT2D eigenvalue weighted by Gasteiger charge is -2.14. The van der Waals surface area contributed by atoms with Crippen LogP contribution in [0.3, 0.4) is 0 Å². The van der Waals surface area contributed by atoms with E-state index in [1.54, 1.807) is 24.3 Å². The maximum Gasteiger partial charge on any atom is 0.251 e. The lowest BCUT2D eigenvalue weighted by Crippen LogP contribution is -2.34. The first-order valence-corrected chi connectivity index (χ1v) is 5.57. The molecule has 0 radical (unpaired) electrons. The Morgan fingerprint density at radius 1 is 1.28 bits per heavy atom. The predicted molar refractivity (Wildman–Crippen MR) is 66.3 cm³/mol. The van der Waals surface area contributed by atoms with Crippen molar-refractivity contribution < 1.29 is 19.1 Å². The molecule has 5 heteroatoms. The third-order valence-corrected chi connectivity index (χ3v) is 2.49. The highest BCUT2D eigenvalue weighted by Gasteiger charge is 2.09. The van der Waals surface area contributed by atoms with E-state index in [0.717, 1.165) is 11.8 Å². The lowest BCUT2D eigenvalue weighted by molar-refractivity contribution is -0.107. The molecule has 1 N–H and O–H groups in total. The molecule has 0 unspecified atom stereocenters. The molecule has 0 bridgehead atoms. The SMILES string of the molecule is COC(CNC(=O)c1ccc(CC=O)cc1)OC. The van der Waals surface area contributed by atoms with E-state index in [1.165, 1.54) is 14.2 Å². The minimum atomic E-state index is -0.455. The van der Waals surface area contributed by atoms with Crippen LogP contribution in [0.25, 0.3) is 0 Å². The standard InChI is InChI=1S/C13H17NO4/c1-17-12(18-2)9-14-13(16)11-5-3-10(4-6-11)7-8-15/h3-6,8,12H,7,9H2,1-2H3,(H,14,16). The summed E-state index contributed by atoms with van der Waals surface area (Å²) in [6, 6.07) is 6.88. The molecule has 5 nitrogen and oxygen atoms in total. The van der Waals surface area contributed by atoms with E-state index in [0.29, 0.717) is 12.0 Å². The highest BCUT2D eigenvalue weighted by atomic mass is 16.7.